The van der Waals surface area contributed by atoms with E-state index < -0.39 is 11.7 Å². The summed E-state index contributed by atoms with van der Waals surface area (Å²) in [7, 11) is 0. The smallest absolute Gasteiger partial charge is 0.241 e. The minimum absolute atomic E-state index is 0.124. The van der Waals surface area contributed by atoms with Crippen LogP contribution in [0.3, 0.4) is 0 Å². The van der Waals surface area contributed by atoms with Gasteiger partial charge in [-0.1, -0.05) is 26.0 Å². The van der Waals surface area contributed by atoms with Crippen molar-refractivity contribution in [3.63, 3.8) is 0 Å². The Morgan fingerprint density at radius 2 is 1.67 bits per heavy atom. The Balaban J connectivity index is 1.71. The van der Waals surface area contributed by atoms with Crippen LogP contribution in [0.15, 0.2) is 60.8 Å². The Kier molecular flexibility index (Phi) is 5.35. The van der Waals surface area contributed by atoms with Gasteiger partial charge in [-0.2, -0.15) is 18.3 Å². The molecule has 0 radical (unpaired) electrons. The topological polar surface area (TPSA) is 17.8 Å². The van der Waals surface area contributed by atoms with Gasteiger partial charge in [0, 0.05) is 12.1 Å². The molecule has 2 aromatic carbocycles. The van der Waals surface area contributed by atoms with E-state index in [2.05, 4.69) is 5.10 Å². The molecule has 0 fully saturated rings. The molecule has 0 amide bonds. The molecule has 2 atom stereocenters. The van der Waals surface area contributed by atoms with E-state index in [1.165, 1.54) is 24.3 Å². The molecule has 0 saturated carbocycles. The highest BCUT2D eigenvalue weighted by Gasteiger charge is 2.30. The highest BCUT2D eigenvalue weighted by molar-refractivity contribution is 5.35. The molecule has 3 rings (SSSR count). The number of alkyl halides is 3. The minimum atomic E-state index is -4.35. The van der Waals surface area contributed by atoms with E-state index in [1.807, 2.05) is 26.0 Å². The summed E-state index contributed by atoms with van der Waals surface area (Å²) in [6.07, 6.45) is -1.83. The molecule has 0 aliphatic carbocycles. The monoisotopic (exact) mass is 376 g/mol. The van der Waals surface area contributed by atoms with Crippen molar-refractivity contribution >= 4 is 0 Å². The van der Waals surface area contributed by atoms with Crippen LogP contribution in [0, 0.1) is 5.82 Å². The van der Waals surface area contributed by atoms with Crippen LogP contribution in [0.4, 0.5) is 17.6 Å². The summed E-state index contributed by atoms with van der Waals surface area (Å²) < 4.78 is 53.0. The second-order valence-electron chi connectivity index (χ2n) is 6.82. The predicted octanol–water partition coefficient (Wildman–Crippen LogP) is 6.33. The van der Waals surface area contributed by atoms with E-state index in [0.29, 0.717) is 5.69 Å². The Morgan fingerprint density at radius 3 is 2.30 bits per heavy atom. The fraction of sp³-hybridized carbons (Fsp3) is 0.286. The van der Waals surface area contributed by atoms with Crippen molar-refractivity contribution in [1.29, 1.82) is 0 Å². The zero-order chi connectivity index (χ0) is 19.6. The average Bonchev–Trinajstić information content (AvgIpc) is 3.11. The van der Waals surface area contributed by atoms with Gasteiger partial charge in [-0.05, 0) is 60.4 Å². The van der Waals surface area contributed by atoms with Crippen molar-refractivity contribution in [3.8, 4) is 5.69 Å². The molecule has 27 heavy (non-hydrogen) atoms. The van der Waals surface area contributed by atoms with E-state index in [9.17, 15) is 17.6 Å². The largest absolute Gasteiger partial charge is 0.416 e. The maximum atomic E-state index is 13.4. The Labute approximate surface area is 155 Å². The minimum Gasteiger partial charge on any atom is -0.241 e. The molecule has 0 aliphatic heterocycles. The summed E-state index contributed by atoms with van der Waals surface area (Å²) in [6.45, 7) is 4.08. The molecular formula is C21H20F4N2. The molecule has 0 saturated heterocycles. The summed E-state index contributed by atoms with van der Waals surface area (Å²) in [5.41, 5.74) is 1.66. The van der Waals surface area contributed by atoms with Crippen LogP contribution in [-0.4, -0.2) is 9.78 Å². The van der Waals surface area contributed by atoms with Gasteiger partial charge in [0.15, 0.2) is 0 Å². The molecule has 1 heterocycles. The first-order chi connectivity index (χ1) is 12.7. The van der Waals surface area contributed by atoms with Crippen molar-refractivity contribution in [3.05, 3.63) is 83.4 Å². The van der Waals surface area contributed by atoms with Crippen LogP contribution in [0.5, 0.6) is 0 Å². The second-order valence-corrected chi connectivity index (χ2v) is 6.82. The molecule has 0 N–H and O–H groups in total. The first kappa shape index (κ1) is 19.1. The van der Waals surface area contributed by atoms with Gasteiger partial charge < -0.3 is 0 Å². The third-order valence-electron chi connectivity index (χ3n) is 4.70. The number of nitrogens with zero attached hydrogens (tertiary/aromatic N) is 2. The SMILES string of the molecule is CC(C[C@H](C)c1cccc(F)c1)c1ccn(-c2ccc(C(F)(F)F)cc2)n1. The van der Waals surface area contributed by atoms with Crippen LogP contribution in [-0.2, 0) is 6.18 Å². The maximum Gasteiger partial charge on any atom is 0.416 e. The first-order valence-corrected chi connectivity index (χ1v) is 8.72. The van der Waals surface area contributed by atoms with Crippen molar-refractivity contribution < 1.29 is 17.6 Å². The van der Waals surface area contributed by atoms with E-state index >= 15 is 0 Å². The predicted molar refractivity (Wildman–Crippen MR) is 96.4 cm³/mol. The third kappa shape index (κ3) is 4.56. The Morgan fingerprint density at radius 1 is 0.963 bits per heavy atom. The first-order valence-electron chi connectivity index (χ1n) is 8.72. The van der Waals surface area contributed by atoms with Gasteiger partial charge in [0.1, 0.15) is 5.82 Å². The lowest BCUT2D eigenvalue weighted by molar-refractivity contribution is -0.137. The highest BCUT2D eigenvalue weighted by atomic mass is 19.4. The Hall–Kier alpha value is -2.63. The maximum absolute atomic E-state index is 13.4. The quantitative estimate of drug-likeness (QED) is 0.476. The van der Waals surface area contributed by atoms with E-state index in [-0.39, 0.29) is 17.7 Å². The average molecular weight is 376 g/mol. The van der Waals surface area contributed by atoms with Crippen LogP contribution in [0.1, 0.15) is 48.9 Å². The summed E-state index contributed by atoms with van der Waals surface area (Å²) in [5.74, 6) is 0.0319. The molecule has 0 bridgehead atoms. The van der Waals surface area contributed by atoms with Crippen molar-refractivity contribution in [2.24, 2.45) is 0 Å². The zero-order valence-electron chi connectivity index (χ0n) is 15.0. The van der Waals surface area contributed by atoms with Gasteiger partial charge in [0.25, 0.3) is 0 Å². The van der Waals surface area contributed by atoms with Gasteiger partial charge in [-0.3, -0.25) is 0 Å². The van der Waals surface area contributed by atoms with Crippen LogP contribution in [0.2, 0.25) is 0 Å². The van der Waals surface area contributed by atoms with E-state index in [0.717, 1.165) is 29.8 Å². The summed E-state index contributed by atoms with van der Waals surface area (Å²) in [5, 5.41) is 4.50. The lowest BCUT2D eigenvalue weighted by Crippen LogP contribution is -2.06. The molecule has 1 unspecified atom stereocenters. The summed E-state index contributed by atoms with van der Waals surface area (Å²) >= 11 is 0. The lowest BCUT2D eigenvalue weighted by atomic mass is 9.89. The van der Waals surface area contributed by atoms with Crippen molar-refractivity contribution in [2.75, 3.05) is 0 Å². The lowest BCUT2D eigenvalue weighted by Gasteiger charge is -2.16. The Bertz CT molecular complexity index is 897. The van der Waals surface area contributed by atoms with Gasteiger partial charge in [-0.25, -0.2) is 9.07 Å². The molecule has 0 aliphatic rings. The number of rotatable bonds is 5. The summed E-state index contributed by atoms with van der Waals surface area (Å²) in [6, 6.07) is 13.3. The van der Waals surface area contributed by atoms with Gasteiger partial charge in [0.2, 0.25) is 0 Å². The third-order valence-corrected chi connectivity index (χ3v) is 4.70. The molecule has 2 nitrogen and oxygen atoms in total. The molecule has 0 spiro atoms. The number of benzene rings is 2. The second kappa shape index (κ2) is 7.55. The highest BCUT2D eigenvalue weighted by Crippen LogP contribution is 2.31. The summed E-state index contributed by atoms with van der Waals surface area (Å²) in [4.78, 5) is 0. The van der Waals surface area contributed by atoms with Gasteiger partial charge >= 0.3 is 6.18 Å². The number of halogens is 4. The number of hydrogen-bond donors (Lipinski definition) is 0. The van der Waals surface area contributed by atoms with E-state index in [1.54, 1.807) is 16.9 Å². The normalized spacial score (nSPS) is 14.1. The van der Waals surface area contributed by atoms with Gasteiger partial charge in [0.05, 0.1) is 16.9 Å². The fourth-order valence-electron chi connectivity index (χ4n) is 3.15. The zero-order valence-corrected chi connectivity index (χ0v) is 15.0. The molecule has 6 heteroatoms. The molecular weight excluding hydrogens is 356 g/mol. The van der Waals surface area contributed by atoms with Crippen LogP contribution < -0.4 is 0 Å². The van der Waals surface area contributed by atoms with Crippen molar-refractivity contribution in [1.82, 2.24) is 9.78 Å². The fourth-order valence-corrected chi connectivity index (χ4v) is 3.15. The number of hydrogen-bond acceptors (Lipinski definition) is 1. The molecule has 1 aromatic heterocycles. The van der Waals surface area contributed by atoms with Crippen molar-refractivity contribution in [2.45, 2.75) is 38.3 Å². The van der Waals surface area contributed by atoms with Gasteiger partial charge in [-0.15, -0.1) is 0 Å². The molecule has 3 aromatic rings. The van der Waals surface area contributed by atoms with E-state index in [4.69, 9.17) is 0 Å². The van der Waals surface area contributed by atoms with Crippen LogP contribution in [0.25, 0.3) is 5.69 Å². The number of aromatic nitrogens is 2. The van der Waals surface area contributed by atoms with Crippen LogP contribution >= 0.6 is 0 Å². The molecule has 142 valence electrons. The standard InChI is InChI=1S/C21H20F4N2/c1-14(16-4-3-5-18(22)13-16)12-15(2)20-10-11-27(26-20)19-8-6-17(7-9-19)21(23,24)25/h3-11,13-15H,12H2,1-2H3/t14-,15?/m0/s1.